The number of thioether (sulfide) groups is 1. The van der Waals surface area contributed by atoms with E-state index in [9.17, 15) is 5.11 Å². The van der Waals surface area contributed by atoms with E-state index in [2.05, 4.69) is 17.2 Å². The van der Waals surface area contributed by atoms with Crippen LogP contribution in [-0.4, -0.2) is 33.7 Å². The highest BCUT2D eigenvalue weighted by atomic mass is 32.2. The fourth-order valence-electron chi connectivity index (χ4n) is 1.90. The summed E-state index contributed by atoms with van der Waals surface area (Å²) >= 11 is 3.51. The van der Waals surface area contributed by atoms with Crippen molar-refractivity contribution in [1.82, 2.24) is 10.3 Å². The zero-order chi connectivity index (χ0) is 11.6. The number of aliphatic hydroxyl groups is 1. The van der Waals surface area contributed by atoms with E-state index in [1.807, 2.05) is 24.2 Å². The van der Waals surface area contributed by atoms with Crippen LogP contribution in [0.4, 0.5) is 0 Å². The molecule has 90 valence electrons. The third-order valence-electron chi connectivity index (χ3n) is 3.00. The summed E-state index contributed by atoms with van der Waals surface area (Å²) < 4.78 is 0. The number of aromatic nitrogens is 1. The molecule has 2 N–H and O–H groups in total. The minimum absolute atomic E-state index is 0.280. The summed E-state index contributed by atoms with van der Waals surface area (Å²) in [6.45, 7) is 4.84. The molecule has 1 aliphatic rings. The van der Waals surface area contributed by atoms with Crippen LogP contribution in [0.1, 0.15) is 30.0 Å². The molecule has 2 rings (SSSR count). The summed E-state index contributed by atoms with van der Waals surface area (Å²) in [5.74, 6) is 1.93. The number of nitrogens with zero attached hydrogens (tertiary/aromatic N) is 1. The van der Waals surface area contributed by atoms with Gasteiger partial charge in [0.05, 0.1) is 16.8 Å². The largest absolute Gasteiger partial charge is 0.388 e. The van der Waals surface area contributed by atoms with Gasteiger partial charge < -0.3 is 10.4 Å². The maximum Gasteiger partial charge on any atom is 0.0869 e. The number of rotatable bonds is 4. The van der Waals surface area contributed by atoms with Crippen LogP contribution in [0.15, 0.2) is 5.51 Å². The summed E-state index contributed by atoms with van der Waals surface area (Å²) in [5, 5.41) is 13.6. The summed E-state index contributed by atoms with van der Waals surface area (Å²) in [4.78, 5) is 5.52. The second-order valence-corrected chi connectivity index (χ2v) is 6.42. The molecular formula is C11H18N2OS2. The van der Waals surface area contributed by atoms with Crippen LogP contribution >= 0.6 is 23.1 Å². The Morgan fingerprint density at radius 3 is 3.06 bits per heavy atom. The fraction of sp³-hybridized carbons (Fsp3) is 0.727. The summed E-state index contributed by atoms with van der Waals surface area (Å²) in [6, 6.07) is 0.280. The molecule has 0 saturated carbocycles. The predicted octanol–water partition coefficient (Wildman–Crippen LogP) is 1.97. The summed E-state index contributed by atoms with van der Waals surface area (Å²) in [6.07, 6.45) is 0.902. The van der Waals surface area contributed by atoms with Crippen LogP contribution in [0.3, 0.4) is 0 Å². The molecule has 0 bridgehead atoms. The highest BCUT2D eigenvalue weighted by molar-refractivity contribution is 7.99. The predicted molar refractivity (Wildman–Crippen MR) is 70.2 cm³/mol. The first kappa shape index (κ1) is 12.4. The maximum absolute atomic E-state index is 10.2. The molecule has 0 aromatic carbocycles. The number of hydrogen-bond acceptors (Lipinski definition) is 5. The molecule has 2 atom stereocenters. The van der Waals surface area contributed by atoms with E-state index in [0.29, 0.717) is 6.54 Å². The molecule has 1 saturated heterocycles. The van der Waals surface area contributed by atoms with Crippen LogP contribution in [-0.2, 0) is 0 Å². The van der Waals surface area contributed by atoms with Gasteiger partial charge in [-0.3, -0.25) is 0 Å². The number of nitrogens with one attached hydrogen (secondary N) is 1. The van der Waals surface area contributed by atoms with Crippen LogP contribution in [0, 0.1) is 6.92 Å². The molecule has 0 amide bonds. The van der Waals surface area contributed by atoms with Crippen molar-refractivity contribution in [2.45, 2.75) is 31.9 Å². The quantitative estimate of drug-likeness (QED) is 0.867. The van der Waals surface area contributed by atoms with E-state index in [4.69, 9.17) is 0 Å². The van der Waals surface area contributed by atoms with Gasteiger partial charge in [-0.1, -0.05) is 0 Å². The van der Waals surface area contributed by atoms with E-state index in [0.717, 1.165) is 23.6 Å². The molecule has 1 aromatic rings. The average molecular weight is 258 g/mol. The Hall–Kier alpha value is -0.100. The van der Waals surface area contributed by atoms with Gasteiger partial charge in [-0.05, 0) is 26.0 Å². The topological polar surface area (TPSA) is 45.2 Å². The molecule has 0 aliphatic carbocycles. The maximum atomic E-state index is 10.2. The molecule has 3 nitrogen and oxygen atoms in total. The molecule has 1 aromatic heterocycles. The van der Waals surface area contributed by atoms with Gasteiger partial charge in [-0.25, -0.2) is 4.98 Å². The molecule has 5 heteroatoms. The van der Waals surface area contributed by atoms with Crippen molar-refractivity contribution in [1.29, 1.82) is 0 Å². The molecule has 2 heterocycles. The standard InChI is InChI=1S/C11H18N2OS2/c1-8(10-9(2)13-7-16-10)12-5-11(14)3-4-15-6-11/h7-8,12,14H,3-6H2,1-2H3. The monoisotopic (exact) mass is 258 g/mol. The highest BCUT2D eigenvalue weighted by Crippen LogP contribution is 2.28. The Bertz CT molecular complexity index is 348. The lowest BCUT2D eigenvalue weighted by Gasteiger charge is -2.24. The molecule has 1 aliphatic heterocycles. The lowest BCUT2D eigenvalue weighted by Crippen LogP contribution is -2.41. The fourth-order valence-corrected chi connectivity index (χ4v) is 4.03. The molecule has 16 heavy (non-hydrogen) atoms. The average Bonchev–Trinajstić information content (AvgIpc) is 2.85. The van der Waals surface area contributed by atoms with Gasteiger partial charge in [0, 0.05) is 23.2 Å². The Labute approximate surface area is 105 Å². The van der Waals surface area contributed by atoms with E-state index in [-0.39, 0.29) is 6.04 Å². The third-order valence-corrected chi connectivity index (χ3v) is 5.34. The van der Waals surface area contributed by atoms with Crippen molar-refractivity contribution < 1.29 is 5.11 Å². The van der Waals surface area contributed by atoms with Gasteiger partial charge in [-0.2, -0.15) is 11.8 Å². The first-order valence-electron chi connectivity index (χ1n) is 5.54. The van der Waals surface area contributed by atoms with Gasteiger partial charge in [0.2, 0.25) is 0 Å². The van der Waals surface area contributed by atoms with Crippen molar-refractivity contribution in [3.05, 3.63) is 16.1 Å². The van der Waals surface area contributed by atoms with Gasteiger partial charge >= 0.3 is 0 Å². The van der Waals surface area contributed by atoms with E-state index < -0.39 is 5.60 Å². The van der Waals surface area contributed by atoms with Gasteiger partial charge in [0.1, 0.15) is 0 Å². The van der Waals surface area contributed by atoms with Crippen molar-refractivity contribution in [3.63, 3.8) is 0 Å². The van der Waals surface area contributed by atoms with Gasteiger partial charge in [0.25, 0.3) is 0 Å². The van der Waals surface area contributed by atoms with Crippen molar-refractivity contribution >= 4 is 23.1 Å². The van der Waals surface area contributed by atoms with Gasteiger partial charge in [0.15, 0.2) is 0 Å². The molecule has 0 radical (unpaired) electrons. The van der Waals surface area contributed by atoms with Crippen molar-refractivity contribution in [2.24, 2.45) is 0 Å². The summed E-state index contributed by atoms with van der Waals surface area (Å²) in [7, 11) is 0. The Balaban J connectivity index is 1.88. The highest BCUT2D eigenvalue weighted by Gasteiger charge is 2.31. The molecule has 2 unspecified atom stereocenters. The zero-order valence-electron chi connectivity index (χ0n) is 9.69. The Morgan fingerprint density at radius 2 is 2.50 bits per heavy atom. The molecule has 0 spiro atoms. The normalized spacial score (nSPS) is 27.2. The Morgan fingerprint density at radius 1 is 1.69 bits per heavy atom. The molecule has 1 fully saturated rings. The zero-order valence-corrected chi connectivity index (χ0v) is 11.3. The van der Waals surface area contributed by atoms with Crippen LogP contribution in [0.2, 0.25) is 0 Å². The van der Waals surface area contributed by atoms with E-state index in [1.165, 1.54) is 4.88 Å². The third kappa shape index (κ3) is 2.77. The minimum Gasteiger partial charge on any atom is -0.388 e. The van der Waals surface area contributed by atoms with Crippen molar-refractivity contribution in [2.75, 3.05) is 18.1 Å². The number of hydrogen-bond donors (Lipinski definition) is 2. The minimum atomic E-state index is -0.502. The second kappa shape index (κ2) is 5.04. The Kier molecular flexibility index (Phi) is 3.89. The van der Waals surface area contributed by atoms with Gasteiger partial charge in [-0.15, -0.1) is 11.3 Å². The first-order chi connectivity index (χ1) is 7.61. The smallest absolute Gasteiger partial charge is 0.0869 e. The first-order valence-corrected chi connectivity index (χ1v) is 7.58. The van der Waals surface area contributed by atoms with Crippen molar-refractivity contribution in [3.8, 4) is 0 Å². The molecular weight excluding hydrogens is 240 g/mol. The number of thiazole rings is 1. The van der Waals surface area contributed by atoms with Crippen LogP contribution < -0.4 is 5.32 Å². The second-order valence-electron chi connectivity index (χ2n) is 4.43. The van der Waals surface area contributed by atoms with Crippen LogP contribution in [0.5, 0.6) is 0 Å². The lowest BCUT2D eigenvalue weighted by atomic mass is 10.0. The van der Waals surface area contributed by atoms with E-state index >= 15 is 0 Å². The number of aryl methyl sites for hydroxylation is 1. The summed E-state index contributed by atoms with van der Waals surface area (Å²) in [5.41, 5.74) is 2.47. The van der Waals surface area contributed by atoms with E-state index in [1.54, 1.807) is 11.3 Å². The van der Waals surface area contributed by atoms with Crippen LogP contribution in [0.25, 0.3) is 0 Å². The SMILES string of the molecule is Cc1ncsc1C(C)NCC1(O)CCSC1. The lowest BCUT2D eigenvalue weighted by molar-refractivity contribution is 0.0652.